The Morgan fingerprint density at radius 2 is 1.40 bits per heavy atom. The third-order valence-electron chi connectivity index (χ3n) is 9.51. The summed E-state index contributed by atoms with van der Waals surface area (Å²) in [5.41, 5.74) is 6.19. The maximum Gasteiger partial charge on any atom is 0.279 e. The first-order chi connectivity index (χ1) is 21.7. The van der Waals surface area contributed by atoms with Crippen LogP contribution in [0.5, 0.6) is 0 Å². The zero-order valence-corrected chi connectivity index (χ0v) is 28.6. The van der Waals surface area contributed by atoms with Gasteiger partial charge in [-0.15, -0.1) is 0 Å². The smallest absolute Gasteiger partial charge is 0.279 e. The van der Waals surface area contributed by atoms with Gasteiger partial charge in [-0.1, -0.05) is 49.2 Å². The monoisotopic (exact) mass is 623 g/mol. The van der Waals surface area contributed by atoms with Crippen molar-refractivity contribution in [2.45, 2.75) is 91.5 Å². The predicted octanol–water partition coefficient (Wildman–Crippen LogP) is 6.15. The van der Waals surface area contributed by atoms with Crippen molar-refractivity contribution in [2.75, 3.05) is 70.2 Å². The van der Waals surface area contributed by atoms with Gasteiger partial charge in [0, 0.05) is 25.1 Å². The highest BCUT2D eigenvalue weighted by Crippen LogP contribution is 2.24. The second kappa shape index (κ2) is 19.0. The van der Waals surface area contributed by atoms with Gasteiger partial charge in [0.2, 0.25) is 5.91 Å². The molecule has 0 radical (unpaired) electrons. The number of unbranched alkanes of at least 4 members (excludes halogenated alkanes) is 4. The fourth-order valence-corrected chi connectivity index (χ4v) is 6.80. The minimum Gasteiger partial charge on any atom is -0.396 e. The molecule has 8 nitrogen and oxygen atoms in total. The minimum absolute atomic E-state index is 0.0304. The molecule has 2 amide bonds. The standard InChI is InChI=1S/C37H58N4O4/c1-29-16-14-17-30(2)35(29)38-34(43)28-41(25-27-45-5,24-12-13-26-42)23-11-7-6-9-21-40-22-10-8-20-33(40)37(44)39-36-31(3)18-15-19-32(36)4/h14-19,33,42H,6-13,20-28H2,1-5H3,(H-,38,39,43,44)/p+1. The van der Waals surface area contributed by atoms with Gasteiger partial charge in [0.25, 0.3) is 5.91 Å². The molecule has 2 aromatic carbocycles. The first kappa shape index (κ1) is 36.7. The quantitative estimate of drug-likeness (QED) is 0.129. The molecule has 1 fully saturated rings. The van der Waals surface area contributed by atoms with Crippen LogP contribution in [0.25, 0.3) is 0 Å². The van der Waals surface area contributed by atoms with E-state index in [0.29, 0.717) is 17.6 Å². The summed E-state index contributed by atoms with van der Waals surface area (Å²) in [5, 5.41) is 15.9. The van der Waals surface area contributed by atoms with E-state index in [-0.39, 0.29) is 24.5 Å². The van der Waals surface area contributed by atoms with Crippen LogP contribution in [0.2, 0.25) is 0 Å². The van der Waals surface area contributed by atoms with Gasteiger partial charge in [0.1, 0.15) is 6.54 Å². The van der Waals surface area contributed by atoms with Crippen LogP contribution in [0.3, 0.4) is 0 Å². The van der Waals surface area contributed by atoms with Crippen molar-refractivity contribution < 1.29 is 23.9 Å². The Hall–Kier alpha value is -2.78. The molecule has 45 heavy (non-hydrogen) atoms. The summed E-state index contributed by atoms with van der Waals surface area (Å²) in [5.74, 6) is 0.150. The first-order valence-corrected chi connectivity index (χ1v) is 17.1. The highest BCUT2D eigenvalue weighted by Gasteiger charge is 2.31. The lowest BCUT2D eigenvalue weighted by atomic mass is 10.00. The van der Waals surface area contributed by atoms with Gasteiger partial charge >= 0.3 is 0 Å². The maximum atomic E-state index is 13.4. The Labute approximate surface area is 272 Å². The van der Waals surface area contributed by atoms with Gasteiger partial charge in [-0.05, 0) is 108 Å². The molecule has 2 aromatic rings. The Kier molecular flexibility index (Phi) is 15.5. The zero-order valence-electron chi connectivity index (χ0n) is 28.6. The number of nitrogens with one attached hydrogen (secondary N) is 2. The van der Waals surface area contributed by atoms with Crippen molar-refractivity contribution >= 4 is 23.2 Å². The Morgan fingerprint density at radius 1 is 0.822 bits per heavy atom. The summed E-state index contributed by atoms with van der Waals surface area (Å²) in [4.78, 5) is 29.2. The number of hydrogen-bond donors (Lipinski definition) is 3. The van der Waals surface area contributed by atoms with Crippen LogP contribution in [-0.2, 0) is 14.3 Å². The van der Waals surface area contributed by atoms with Gasteiger partial charge in [-0.2, -0.15) is 0 Å². The average molecular weight is 624 g/mol. The van der Waals surface area contributed by atoms with E-state index in [1.807, 2.05) is 64.1 Å². The summed E-state index contributed by atoms with van der Waals surface area (Å²) >= 11 is 0. The zero-order chi connectivity index (χ0) is 32.7. The number of benzene rings is 2. The van der Waals surface area contributed by atoms with Gasteiger partial charge in [-0.3, -0.25) is 14.5 Å². The normalized spacial score (nSPS) is 16.7. The molecule has 0 spiro atoms. The van der Waals surface area contributed by atoms with Crippen molar-refractivity contribution in [3.05, 3.63) is 58.7 Å². The molecule has 0 aliphatic carbocycles. The number of para-hydroxylation sites is 2. The predicted molar refractivity (Wildman–Crippen MR) is 185 cm³/mol. The van der Waals surface area contributed by atoms with Crippen LogP contribution in [-0.4, -0.2) is 91.9 Å². The van der Waals surface area contributed by atoms with Crippen LogP contribution < -0.4 is 10.6 Å². The van der Waals surface area contributed by atoms with E-state index in [1.165, 1.54) is 0 Å². The number of ether oxygens (including phenoxy) is 1. The van der Waals surface area contributed by atoms with Crippen molar-refractivity contribution in [3.63, 3.8) is 0 Å². The van der Waals surface area contributed by atoms with Crippen LogP contribution in [0.4, 0.5) is 11.4 Å². The third kappa shape index (κ3) is 11.5. The molecule has 2 unspecified atom stereocenters. The number of rotatable bonds is 19. The highest BCUT2D eigenvalue weighted by atomic mass is 16.5. The largest absolute Gasteiger partial charge is 0.396 e. The number of quaternary nitrogens is 1. The van der Waals surface area contributed by atoms with Gasteiger partial charge in [0.05, 0.1) is 25.7 Å². The van der Waals surface area contributed by atoms with Crippen molar-refractivity contribution in [2.24, 2.45) is 0 Å². The molecule has 2 atom stereocenters. The van der Waals surface area contributed by atoms with Crippen molar-refractivity contribution in [1.82, 2.24) is 4.90 Å². The van der Waals surface area contributed by atoms with E-state index in [4.69, 9.17) is 4.74 Å². The number of amides is 2. The fraction of sp³-hybridized carbons (Fsp3) is 0.622. The second-order valence-electron chi connectivity index (χ2n) is 13.1. The number of aliphatic hydroxyl groups is 1. The summed E-state index contributed by atoms with van der Waals surface area (Å²) in [6.07, 6.45) is 9.01. The number of nitrogens with zero attached hydrogens (tertiary/aromatic N) is 2. The number of likely N-dealkylation sites (tertiary alicyclic amines) is 1. The van der Waals surface area contributed by atoms with Gasteiger partial charge in [-0.25, -0.2) is 0 Å². The molecule has 1 aliphatic heterocycles. The number of aliphatic hydroxyl groups excluding tert-OH is 1. The number of carbonyl (C=O) groups excluding carboxylic acids is 2. The van der Waals surface area contributed by atoms with Crippen LogP contribution in [0.1, 0.15) is 80.0 Å². The minimum atomic E-state index is -0.0713. The highest BCUT2D eigenvalue weighted by molar-refractivity contribution is 5.96. The van der Waals surface area contributed by atoms with Gasteiger partial charge in [0.15, 0.2) is 6.54 Å². The van der Waals surface area contributed by atoms with E-state index in [1.54, 1.807) is 7.11 Å². The fourth-order valence-electron chi connectivity index (χ4n) is 6.80. The summed E-state index contributed by atoms with van der Waals surface area (Å²) < 4.78 is 6.16. The number of anilines is 2. The molecular formula is C37H59N4O4+. The number of aryl methyl sites for hydroxylation is 4. The Morgan fingerprint density at radius 3 is 2.00 bits per heavy atom. The van der Waals surface area contributed by atoms with E-state index < -0.39 is 0 Å². The van der Waals surface area contributed by atoms with E-state index >= 15 is 0 Å². The number of carbonyl (C=O) groups is 2. The molecule has 1 aliphatic rings. The molecule has 1 saturated heterocycles. The summed E-state index contributed by atoms with van der Waals surface area (Å²) in [6, 6.07) is 12.1. The molecule has 0 bridgehead atoms. The lowest BCUT2D eigenvalue weighted by Gasteiger charge is -2.38. The van der Waals surface area contributed by atoms with E-state index in [2.05, 4.69) is 15.5 Å². The van der Waals surface area contributed by atoms with Crippen molar-refractivity contribution in [1.29, 1.82) is 0 Å². The van der Waals surface area contributed by atoms with Gasteiger partial charge < -0.3 is 25.0 Å². The number of hydrogen-bond acceptors (Lipinski definition) is 5. The van der Waals surface area contributed by atoms with Crippen LogP contribution in [0, 0.1) is 27.7 Å². The third-order valence-corrected chi connectivity index (χ3v) is 9.51. The molecule has 3 N–H and O–H groups in total. The topological polar surface area (TPSA) is 90.9 Å². The summed E-state index contributed by atoms with van der Waals surface area (Å²) in [6.45, 7) is 13.7. The maximum absolute atomic E-state index is 13.4. The van der Waals surface area contributed by atoms with Crippen molar-refractivity contribution in [3.8, 4) is 0 Å². The first-order valence-electron chi connectivity index (χ1n) is 17.1. The molecule has 0 saturated carbocycles. The number of methoxy groups -OCH3 is 1. The van der Waals surface area contributed by atoms with Crippen LogP contribution >= 0.6 is 0 Å². The molecule has 250 valence electrons. The molecule has 0 aromatic heterocycles. The molecule has 8 heteroatoms. The molecule has 3 rings (SSSR count). The van der Waals surface area contributed by atoms with Crippen LogP contribution in [0.15, 0.2) is 36.4 Å². The molecule has 1 heterocycles. The summed E-state index contributed by atoms with van der Waals surface area (Å²) in [7, 11) is 1.72. The van der Waals surface area contributed by atoms with E-state index in [0.717, 1.165) is 124 Å². The number of piperidine rings is 1. The van der Waals surface area contributed by atoms with E-state index in [9.17, 15) is 14.7 Å². The Bertz CT molecular complexity index is 1180. The SMILES string of the molecule is COCC[N+](CCCCO)(CCCCCCN1CCCCC1C(=O)Nc1c(C)cccc1C)CC(=O)Nc1c(C)cccc1C. The molecular weight excluding hydrogens is 564 g/mol. The average Bonchev–Trinajstić information content (AvgIpc) is 3.02. The second-order valence-corrected chi connectivity index (χ2v) is 13.1. The lowest BCUT2D eigenvalue weighted by Crippen LogP contribution is -2.55. The lowest BCUT2D eigenvalue weighted by molar-refractivity contribution is -0.921. The Balaban J connectivity index is 1.55.